The Kier molecular flexibility index (Phi) is 3.94. The molecule has 0 saturated carbocycles. The maximum absolute atomic E-state index is 12.2. The summed E-state index contributed by atoms with van der Waals surface area (Å²) in [7, 11) is 0. The molecule has 0 bridgehead atoms. The molecule has 2 rings (SSSR count). The van der Waals surface area contributed by atoms with Crippen LogP contribution in [0.25, 0.3) is 0 Å². The van der Waals surface area contributed by atoms with E-state index in [-0.39, 0.29) is 23.3 Å². The van der Waals surface area contributed by atoms with Gasteiger partial charge >= 0.3 is 0 Å². The van der Waals surface area contributed by atoms with Crippen molar-refractivity contribution in [1.82, 2.24) is 5.32 Å². The number of nitrogens with one attached hydrogen (secondary N) is 1. The van der Waals surface area contributed by atoms with Crippen LogP contribution >= 0.6 is 0 Å². The van der Waals surface area contributed by atoms with Crippen molar-refractivity contribution in [2.75, 3.05) is 5.73 Å². The Labute approximate surface area is 118 Å². The summed E-state index contributed by atoms with van der Waals surface area (Å²) in [5, 5.41) is 12.8. The molecule has 1 amide bonds. The molecular weight excluding hydrogens is 252 g/mol. The van der Waals surface area contributed by atoms with Crippen LogP contribution in [0.15, 0.2) is 42.5 Å². The van der Waals surface area contributed by atoms with Crippen molar-refractivity contribution in [3.05, 3.63) is 59.2 Å². The predicted octanol–water partition coefficient (Wildman–Crippen LogP) is 2.77. The molecule has 0 heterocycles. The second-order valence-corrected chi connectivity index (χ2v) is 4.84. The normalized spacial score (nSPS) is 11.9. The van der Waals surface area contributed by atoms with E-state index in [1.54, 1.807) is 31.2 Å². The summed E-state index contributed by atoms with van der Waals surface area (Å²) in [6.07, 6.45) is 0. The summed E-state index contributed by atoms with van der Waals surface area (Å²) in [5.41, 5.74) is 8.26. The summed E-state index contributed by atoms with van der Waals surface area (Å²) >= 11 is 0. The Morgan fingerprint density at radius 2 is 1.95 bits per heavy atom. The highest BCUT2D eigenvalue weighted by atomic mass is 16.3. The lowest BCUT2D eigenvalue weighted by molar-refractivity contribution is 0.0937. The lowest BCUT2D eigenvalue weighted by Gasteiger charge is -2.15. The lowest BCUT2D eigenvalue weighted by atomic mass is 10.1. The van der Waals surface area contributed by atoms with Crippen molar-refractivity contribution >= 4 is 11.6 Å². The van der Waals surface area contributed by atoms with E-state index >= 15 is 0 Å². The van der Waals surface area contributed by atoms with Gasteiger partial charge in [-0.2, -0.15) is 0 Å². The lowest BCUT2D eigenvalue weighted by Crippen LogP contribution is -2.26. The number of nitrogens with two attached hydrogens (primary N) is 1. The van der Waals surface area contributed by atoms with Crippen LogP contribution < -0.4 is 11.1 Å². The maximum Gasteiger partial charge on any atom is 0.255 e. The molecule has 2 aromatic rings. The Morgan fingerprint density at radius 3 is 2.65 bits per heavy atom. The number of carbonyl (C=O) groups excluding carboxylic acids is 1. The first kappa shape index (κ1) is 13.9. The van der Waals surface area contributed by atoms with Gasteiger partial charge in [-0.3, -0.25) is 4.79 Å². The minimum absolute atomic E-state index is 0.0183. The summed E-state index contributed by atoms with van der Waals surface area (Å²) < 4.78 is 0. The topological polar surface area (TPSA) is 75.4 Å². The molecule has 1 unspecified atom stereocenters. The zero-order valence-corrected chi connectivity index (χ0v) is 11.6. The van der Waals surface area contributed by atoms with Gasteiger partial charge < -0.3 is 16.2 Å². The highest BCUT2D eigenvalue weighted by molar-refractivity contribution is 5.97. The van der Waals surface area contributed by atoms with Crippen molar-refractivity contribution in [2.45, 2.75) is 19.9 Å². The molecule has 0 aliphatic heterocycles. The summed E-state index contributed by atoms with van der Waals surface area (Å²) in [5.74, 6) is -0.286. The largest absolute Gasteiger partial charge is 0.507 e. The van der Waals surface area contributed by atoms with E-state index in [9.17, 15) is 9.90 Å². The molecule has 2 aromatic carbocycles. The first-order valence-corrected chi connectivity index (χ1v) is 6.44. The van der Waals surface area contributed by atoms with Gasteiger partial charge in [0.1, 0.15) is 5.75 Å². The number of hydrogen-bond donors (Lipinski definition) is 3. The van der Waals surface area contributed by atoms with Crippen LogP contribution in [0.3, 0.4) is 0 Å². The predicted molar refractivity (Wildman–Crippen MR) is 79.6 cm³/mol. The third-order valence-electron chi connectivity index (χ3n) is 3.24. The van der Waals surface area contributed by atoms with E-state index in [0.29, 0.717) is 11.3 Å². The quantitative estimate of drug-likeness (QED) is 0.751. The van der Waals surface area contributed by atoms with Gasteiger partial charge in [-0.1, -0.05) is 24.3 Å². The number of phenolic OH excluding ortho intramolecular Hbond substituents is 1. The van der Waals surface area contributed by atoms with Crippen LogP contribution in [-0.4, -0.2) is 11.0 Å². The van der Waals surface area contributed by atoms with Gasteiger partial charge in [-0.05, 0) is 43.2 Å². The molecular formula is C16H18N2O2. The fraction of sp³-hybridized carbons (Fsp3) is 0.188. The van der Waals surface area contributed by atoms with Crippen LogP contribution in [0, 0.1) is 6.92 Å². The van der Waals surface area contributed by atoms with Crippen LogP contribution in [0.1, 0.15) is 34.5 Å². The number of carbonyl (C=O) groups is 1. The summed E-state index contributed by atoms with van der Waals surface area (Å²) in [6.45, 7) is 3.63. The van der Waals surface area contributed by atoms with Gasteiger partial charge in [0.15, 0.2) is 0 Å². The van der Waals surface area contributed by atoms with Gasteiger partial charge in [-0.25, -0.2) is 0 Å². The zero-order valence-electron chi connectivity index (χ0n) is 11.6. The van der Waals surface area contributed by atoms with Gasteiger partial charge in [0, 0.05) is 5.69 Å². The molecule has 0 saturated heterocycles. The van der Waals surface area contributed by atoms with E-state index in [0.717, 1.165) is 5.56 Å². The average molecular weight is 270 g/mol. The number of rotatable bonds is 3. The molecule has 4 N–H and O–H groups in total. The molecule has 4 heteroatoms. The van der Waals surface area contributed by atoms with E-state index in [1.807, 2.05) is 25.1 Å². The molecule has 0 aliphatic rings. The SMILES string of the molecule is Cc1cccc(C(=O)NC(C)c2cccc(N)c2)c1O. The molecule has 0 radical (unpaired) electrons. The molecule has 0 fully saturated rings. The molecule has 4 nitrogen and oxygen atoms in total. The Balaban J connectivity index is 2.17. The first-order chi connectivity index (χ1) is 9.49. The van der Waals surface area contributed by atoms with Gasteiger partial charge in [0.25, 0.3) is 5.91 Å². The summed E-state index contributed by atoms with van der Waals surface area (Å²) in [6, 6.07) is 12.3. The van der Waals surface area contributed by atoms with Crippen LogP contribution in [0.2, 0.25) is 0 Å². The molecule has 0 aliphatic carbocycles. The second kappa shape index (κ2) is 5.65. The highest BCUT2D eigenvalue weighted by Crippen LogP contribution is 2.22. The van der Waals surface area contributed by atoms with E-state index < -0.39 is 0 Å². The number of benzene rings is 2. The standard InChI is InChI=1S/C16H18N2O2/c1-10-5-3-8-14(15(10)19)16(20)18-11(2)12-6-4-7-13(17)9-12/h3-9,11,19H,17H2,1-2H3,(H,18,20). The third-order valence-corrected chi connectivity index (χ3v) is 3.24. The number of aromatic hydroxyl groups is 1. The third kappa shape index (κ3) is 2.91. The fourth-order valence-electron chi connectivity index (χ4n) is 2.03. The van der Waals surface area contributed by atoms with Crippen molar-refractivity contribution in [1.29, 1.82) is 0 Å². The Hall–Kier alpha value is -2.49. The zero-order chi connectivity index (χ0) is 14.7. The van der Waals surface area contributed by atoms with Gasteiger partial charge in [0.05, 0.1) is 11.6 Å². The molecule has 104 valence electrons. The van der Waals surface area contributed by atoms with Crippen molar-refractivity contribution < 1.29 is 9.90 Å². The fourth-order valence-corrected chi connectivity index (χ4v) is 2.03. The molecule has 0 aromatic heterocycles. The monoisotopic (exact) mass is 270 g/mol. The highest BCUT2D eigenvalue weighted by Gasteiger charge is 2.15. The number of aryl methyl sites for hydroxylation is 1. The minimum Gasteiger partial charge on any atom is -0.507 e. The van der Waals surface area contributed by atoms with E-state index in [2.05, 4.69) is 5.32 Å². The number of phenols is 1. The maximum atomic E-state index is 12.2. The van der Waals surface area contributed by atoms with Crippen LogP contribution in [0.5, 0.6) is 5.75 Å². The number of anilines is 1. The number of para-hydroxylation sites is 1. The van der Waals surface area contributed by atoms with Gasteiger partial charge in [-0.15, -0.1) is 0 Å². The van der Waals surface area contributed by atoms with Crippen LogP contribution in [0.4, 0.5) is 5.69 Å². The number of nitrogen functional groups attached to an aromatic ring is 1. The summed E-state index contributed by atoms with van der Waals surface area (Å²) in [4.78, 5) is 12.2. The van der Waals surface area contributed by atoms with Crippen LogP contribution in [-0.2, 0) is 0 Å². The van der Waals surface area contributed by atoms with Gasteiger partial charge in [0.2, 0.25) is 0 Å². The molecule has 1 atom stereocenters. The second-order valence-electron chi connectivity index (χ2n) is 4.84. The van der Waals surface area contributed by atoms with E-state index in [4.69, 9.17) is 5.73 Å². The van der Waals surface area contributed by atoms with Crippen molar-refractivity contribution in [3.63, 3.8) is 0 Å². The average Bonchev–Trinajstić information content (AvgIpc) is 2.41. The molecule has 0 spiro atoms. The molecule has 20 heavy (non-hydrogen) atoms. The first-order valence-electron chi connectivity index (χ1n) is 6.44. The minimum atomic E-state index is -0.305. The van der Waals surface area contributed by atoms with E-state index in [1.165, 1.54) is 0 Å². The number of hydrogen-bond acceptors (Lipinski definition) is 3. The van der Waals surface area contributed by atoms with Crippen molar-refractivity contribution in [2.24, 2.45) is 0 Å². The Bertz CT molecular complexity index is 638. The van der Waals surface area contributed by atoms with Crippen molar-refractivity contribution in [3.8, 4) is 5.75 Å². The number of amides is 1. The Morgan fingerprint density at radius 1 is 1.25 bits per heavy atom. The smallest absolute Gasteiger partial charge is 0.255 e.